The van der Waals surface area contributed by atoms with Gasteiger partial charge in [0.15, 0.2) is 6.10 Å². The molecule has 1 aliphatic heterocycles. The van der Waals surface area contributed by atoms with Crippen LogP contribution in [0, 0.1) is 12.8 Å². The number of para-hydroxylation sites is 1. The number of benzene rings is 2. The van der Waals surface area contributed by atoms with Crippen molar-refractivity contribution in [3.63, 3.8) is 0 Å². The molecule has 0 saturated heterocycles. The van der Waals surface area contributed by atoms with E-state index in [4.69, 9.17) is 13.9 Å². The predicted octanol–water partition coefficient (Wildman–Crippen LogP) is 4.43. The van der Waals surface area contributed by atoms with E-state index in [-0.39, 0.29) is 12.5 Å². The molecule has 1 aliphatic carbocycles. The van der Waals surface area contributed by atoms with Crippen molar-refractivity contribution in [2.45, 2.75) is 58.2 Å². The molecule has 2 atom stereocenters. The fourth-order valence-corrected chi connectivity index (χ4v) is 5.62. The van der Waals surface area contributed by atoms with Crippen LogP contribution in [0.5, 0.6) is 5.75 Å². The first-order chi connectivity index (χ1) is 18.3. The minimum atomic E-state index is -0.890. The summed E-state index contributed by atoms with van der Waals surface area (Å²) >= 11 is 0. The lowest BCUT2D eigenvalue weighted by atomic mass is 9.96. The van der Waals surface area contributed by atoms with Crippen molar-refractivity contribution in [2.24, 2.45) is 5.92 Å². The number of H-pyrrole nitrogens is 1. The molecular weight excluding hydrogens is 484 g/mol. The van der Waals surface area contributed by atoms with E-state index in [1.54, 1.807) is 6.92 Å². The molecule has 3 heterocycles. The van der Waals surface area contributed by atoms with Gasteiger partial charge in [-0.15, -0.1) is 0 Å². The number of carbonyl (C=O) groups is 2. The molecule has 1 N–H and O–H groups in total. The lowest BCUT2D eigenvalue weighted by molar-refractivity contribution is -0.156. The Bertz CT molecular complexity index is 1630. The number of hydrogen-bond donors (Lipinski definition) is 1. The van der Waals surface area contributed by atoms with Gasteiger partial charge in [0.25, 0.3) is 5.91 Å². The second-order valence-corrected chi connectivity index (χ2v) is 10.5. The molecule has 1 amide bonds. The first-order valence-electron chi connectivity index (χ1n) is 13.0. The molecule has 0 radical (unpaired) electrons. The van der Waals surface area contributed by atoms with Gasteiger partial charge in [0, 0.05) is 29.1 Å². The Morgan fingerprint density at radius 3 is 2.74 bits per heavy atom. The summed E-state index contributed by atoms with van der Waals surface area (Å²) in [5.74, 6) is 0.266. The first kappa shape index (κ1) is 24.3. The van der Waals surface area contributed by atoms with Gasteiger partial charge in [0.1, 0.15) is 17.4 Å². The third kappa shape index (κ3) is 4.34. The van der Waals surface area contributed by atoms with Crippen molar-refractivity contribution in [3.8, 4) is 5.75 Å². The van der Waals surface area contributed by atoms with E-state index in [0.29, 0.717) is 23.7 Å². The maximum atomic E-state index is 13.8. The Morgan fingerprint density at radius 1 is 1.18 bits per heavy atom. The lowest BCUT2D eigenvalue weighted by Gasteiger charge is -2.35. The van der Waals surface area contributed by atoms with Crippen LogP contribution in [-0.2, 0) is 33.7 Å². The maximum absolute atomic E-state index is 13.8. The molecule has 0 bridgehead atoms. The van der Waals surface area contributed by atoms with Crippen molar-refractivity contribution < 1.29 is 23.5 Å². The molecule has 38 heavy (non-hydrogen) atoms. The number of methoxy groups -OCH3 is 1. The zero-order valence-corrected chi connectivity index (χ0v) is 21.7. The second-order valence-electron chi connectivity index (χ2n) is 10.5. The van der Waals surface area contributed by atoms with Gasteiger partial charge >= 0.3 is 11.6 Å². The number of esters is 1. The number of nitrogens with zero attached hydrogens (tertiary/aromatic N) is 1. The van der Waals surface area contributed by atoms with Crippen molar-refractivity contribution in [1.29, 1.82) is 0 Å². The highest BCUT2D eigenvalue weighted by Gasteiger charge is 2.39. The standard InChI is InChI=1S/C30H30N2O6/c1-16-10-25(28-19(12-18-8-9-18)13-27(33)38-26(28)11-16)37-17(2)29(34)32-15-23-21(14-24(32)30(35)36-3)20-6-4-5-7-22(20)31-23/h4-7,10-11,13,17-18,24,31H,8-9,12,14-15H2,1-3H3/t17-,24+/m1/s1. The molecule has 1 fully saturated rings. The monoisotopic (exact) mass is 514 g/mol. The van der Waals surface area contributed by atoms with Crippen LogP contribution in [0.4, 0.5) is 0 Å². The van der Waals surface area contributed by atoms with Gasteiger partial charge in [0.05, 0.1) is 19.0 Å². The van der Waals surface area contributed by atoms with Gasteiger partial charge in [-0.3, -0.25) is 4.79 Å². The van der Waals surface area contributed by atoms with Crippen LogP contribution in [0.2, 0.25) is 0 Å². The van der Waals surface area contributed by atoms with E-state index in [1.807, 2.05) is 43.3 Å². The van der Waals surface area contributed by atoms with Gasteiger partial charge in [-0.1, -0.05) is 18.2 Å². The van der Waals surface area contributed by atoms with Crippen LogP contribution in [0.1, 0.15) is 42.1 Å². The molecular formula is C30H30N2O6. The molecule has 8 nitrogen and oxygen atoms in total. The van der Waals surface area contributed by atoms with Crippen LogP contribution < -0.4 is 10.4 Å². The number of ether oxygens (including phenoxy) is 2. The molecule has 2 aliphatic rings. The van der Waals surface area contributed by atoms with Gasteiger partial charge in [-0.05, 0) is 73.9 Å². The molecule has 6 rings (SSSR count). The number of hydrogen-bond acceptors (Lipinski definition) is 6. The van der Waals surface area contributed by atoms with Crippen LogP contribution in [-0.4, -0.2) is 41.0 Å². The normalized spacial score (nSPS) is 17.9. The molecule has 4 aromatic rings. The van der Waals surface area contributed by atoms with Crippen molar-refractivity contribution in [2.75, 3.05) is 7.11 Å². The Kier molecular flexibility index (Phi) is 5.97. The Morgan fingerprint density at radius 2 is 1.97 bits per heavy atom. The number of fused-ring (bicyclic) bond motifs is 4. The van der Waals surface area contributed by atoms with Crippen molar-refractivity contribution in [3.05, 3.63) is 75.3 Å². The van der Waals surface area contributed by atoms with Crippen LogP contribution >= 0.6 is 0 Å². The summed E-state index contributed by atoms with van der Waals surface area (Å²) < 4.78 is 16.9. The minimum absolute atomic E-state index is 0.243. The molecule has 196 valence electrons. The van der Waals surface area contributed by atoms with Crippen LogP contribution in [0.3, 0.4) is 0 Å². The summed E-state index contributed by atoms with van der Waals surface area (Å²) in [6.45, 7) is 3.82. The number of rotatable bonds is 6. The molecule has 0 spiro atoms. The smallest absolute Gasteiger partial charge is 0.336 e. The molecule has 1 saturated carbocycles. The van der Waals surface area contributed by atoms with E-state index in [0.717, 1.165) is 57.9 Å². The molecule has 8 heteroatoms. The third-order valence-electron chi connectivity index (χ3n) is 7.65. The van der Waals surface area contributed by atoms with E-state index >= 15 is 0 Å². The minimum Gasteiger partial charge on any atom is -0.480 e. The summed E-state index contributed by atoms with van der Waals surface area (Å²) in [6.07, 6.45) is 2.51. The maximum Gasteiger partial charge on any atom is 0.336 e. The quantitative estimate of drug-likeness (QED) is 0.302. The highest BCUT2D eigenvalue weighted by atomic mass is 16.5. The van der Waals surface area contributed by atoms with E-state index in [2.05, 4.69) is 4.98 Å². The van der Waals surface area contributed by atoms with E-state index in [1.165, 1.54) is 18.1 Å². The van der Waals surface area contributed by atoms with E-state index < -0.39 is 23.7 Å². The number of aromatic amines is 1. The van der Waals surface area contributed by atoms with Gasteiger partial charge in [-0.25, -0.2) is 9.59 Å². The Labute approximate surface area is 219 Å². The molecule has 2 aromatic heterocycles. The summed E-state index contributed by atoms with van der Waals surface area (Å²) in [5.41, 5.74) is 4.69. The fourth-order valence-electron chi connectivity index (χ4n) is 5.62. The largest absolute Gasteiger partial charge is 0.480 e. The highest BCUT2D eigenvalue weighted by Crippen LogP contribution is 2.38. The Hall–Kier alpha value is -4.07. The second kappa shape index (κ2) is 9.35. The first-order valence-corrected chi connectivity index (χ1v) is 13.0. The average molecular weight is 515 g/mol. The van der Waals surface area contributed by atoms with Crippen molar-refractivity contribution in [1.82, 2.24) is 9.88 Å². The summed E-state index contributed by atoms with van der Waals surface area (Å²) in [4.78, 5) is 43.8. The van der Waals surface area contributed by atoms with Gasteiger partial charge in [-0.2, -0.15) is 0 Å². The van der Waals surface area contributed by atoms with Crippen molar-refractivity contribution >= 4 is 33.7 Å². The summed E-state index contributed by atoms with van der Waals surface area (Å²) in [6, 6.07) is 12.4. The number of aromatic nitrogens is 1. The molecule has 0 unspecified atom stereocenters. The number of amides is 1. The van der Waals surface area contributed by atoms with Crippen LogP contribution in [0.15, 0.2) is 51.7 Å². The summed E-state index contributed by atoms with van der Waals surface area (Å²) in [5, 5.41) is 1.77. The zero-order chi connectivity index (χ0) is 26.6. The SMILES string of the molecule is COC(=O)[C@@H]1Cc2c([nH]c3ccccc23)CN1C(=O)[C@@H](C)Oc1cc(C)cc2oc(=O)cc(CC3CC3)c12. The average Bonchev–Trinajstić information content (AvgIpc) is 3.63. The topological polar surface area (TPSA) is 102 Å². The zero-order valence-electron chi connectivity index (χ0n) is 21.7. The van der Waals surface area contributed by atoms with Gasteiger partial charge < -0.3 is 23.8 Å². The van der Waals surface area contributed by atoms with E-state index in [9.17, 15) is 14.4 Å². The fraction of sp³-hybridized carbons (Fsp3) is 0.367. The van der Waals surface area contributed by atoms with Gasteiger partial charge in [0.2, 0.25) is 0 Å². The lowest BCUT2D eigenvalue weighted by Crippen LogP contribution is -2.52. The number of nitrogens with one attached hydrogen (secondary N) is 1. The highest BCUT2D eigenvalue weighted by molar-refractivity contribution is 5.92. The predicted molar refractivity (Wildman–Crippen MR) is 142 cm³/mol. The third-order valence-corrected chi connectivity index (χ3v) is 7.65. The molecule has 2 aromatic carbocycles. The van der Waals surface area contributed by atoms with Crippen LogP contribution in [0.25, 0.3) is 21.9 Å². The summed E-state index contributed by atoms with van der Waals surface area (Å²) in [7, 11) is 1.34. The number of carbonyl (C=O) groups excluding carboxylic acids is 2. The Balaban J connectivity index is 1.34. The number of aryl methyl sites for hydroxylation is 1.